The Morgan fingerprint density at radius 3 is 2.61 bits per heavy atom. The van der Waals surface area contributed by atoms with Gasteiger partial charge in [0.25, 0.3) is 0 Å². The molecular formula is C17H23N. The minimum Gasteiger partial charge on any atom is -0.253 e. The van der Waals surface area contributed by atoms with Crippen LogP contribution in [0.5, 0.6) is 0 Å². The van der Waals surface area contributed by atoms with Crippen molar-refractivity contribution in [3.8, 4) is 0 Å². The molecule has 96 valence electrons. The van der Waals surface area contributed by atoms with Crippen molar-refractivity contribution in [3.05, 3.63) is 41.1 Å². The van der Waals surface area contributed by atoms with Crippen LogP contribution in [0.25, 0.3) is 10.9 Å². The second-order valence-corrected chi connectivity index (χ2v) is 5.27. The molecule has 18 heavy (non-hydrogen) atoms. The lowest BCUT2D eigenvalue weighted by Crippen LogP contribution is -1.93. The summed E-state index contributed by atoms with van der Waals surface area (Å²) in [4.78, 5) is 4.81. The molecule has 2 rings (SSSR count). The molecule has 1 aromatic heterocycles. The smallest absolute Gasteiger partial charge is 0.0734 e. The van der Waals surface area contributed by atoms with Gasteiger partial charge >= 0.3 is 0 Å². The van der Waals surface area contributed by atoms with Gasteiger partial charge in [-0.3, -0.25) is 4.98 Å². The average Bonchev–Trinajstić information content (AvgIpc) is 2.35. The minimum atomic E-state index is 1.11. The highest BCUT2D eigenvalue weighted by molar-refractivity contribution is 5.82. The molecule has 0 N–H and O–H groups in total. The molecule has 1 aromatic carbocycles. The molecule has 2 aromatic rings. The predicted molar refractivity (Wildman–Crippen MR) is 79.1 cm³/mol. The van der Waals surface area contributed by atoms with Crippen LogP contribution < -0.4 is 0 Å². The lowest BCUT2D eigenvalue weighted by molar-refractivity contribution is 0.661. The Bertz CT molecular complexity index is 528. The van der Waals surface area contributed by atoms with Crippen LogP contribution in [-0.2, 0) is 6.42 Å². The highest BCUT2D eigenvalue weighted by Crippen LogP contribution is 2.19. The van der Waals surface area contributed by atoms with Crippen LogP contribution in [0.2, 0.25) is 0 Å². The molecule has 0 saturated carbocycles. The van der Waals surface area contributed by atoms with Crippen molar-refractivity contribution in [2.24, 2.45) is 0 Å². The molecule has 0 spiro atoms. The lowest BCUT2D eigenvalue weighted by atomic mass is 10.0. The largest absolute Gasteiger partial charge is 0.253 e. The fourth-order valence-corrected chi connectivity index (χ4v) is 2.51. The van der Waals surface area contributed by atoms with E-state index in [4.69, 9.17) is 4.98 Å². The molecule has 1 heterocycles. The monoisotopic (exact) mass is 241 g/mol. The van der Waals surface area contributed by atoms with E-state index in [2.05, 4.69) is 45.0 Å². The van der Waals surface area contributed by atoms with Crippen molar-refractivity contribution in [1.82, 2.24) is 4.98 Å². The Morgan fingerprint density at radius 1 is 1.00 bits per heavy atom. The maximum absolute atomic E-state index is 4.81. The van der Waals surface area contributed by atoms with Gasteiger partial charge < -0.3 is 0 Å². The van der Waals surface area contributed by atoms with Crippen LogP contribution in [0, 0.1) is 13.8 Å². The third kappa shape index (κ3) is 3.10. The number of benzene rings is 1. The Hall–Kier alpha value is -1.37. The Labute approximate surface area is 110 Å². The first-order valence-electron chi connectivity index (χ1n) is 7.07. The van der Waals surface area contributed by atoms with Gasteiger partial charge in [-0.2, -0.15) is 0 Å². The molecule has 1 nitrogen and oxygen atoms in total. The summed E-state index contributed by atoms with van der Waals surface area (Å²) in [5.74, 6) is 0. The van der Waals surface area contributed by atoms with Crippen molar-refractivity contribution < 1.29 is 0 Å². The molecule has 0 bridgehead atoms. The number of nitrogens with zero attached hydrogens (tertiary/aromatic N) is 1. The van der Waals surface area contributed by atoms with E-state index in [1.165, 1.54) is 53.4 Å². The number of hydrogen-bond donors (Lipinski definition) is 0. The number of aromatic nitrogens is 1. The highest BCUT2D eigenvalue weighted by atomic mass is 14.7. The standard InChI is InChI=1S/C17H23N/c1-4-5-6-7-8-16-10-9-15-12-13(2)11-14(3)17(15)18-16/h9-12H,4-8H2,1-3H3. The summed E-state index contributed by atoms with van der Waals surface area (Å²) in [6.45, 7) is 6.55. The maximum atomic E-state index is 4.81. The van der Waals surface area contributed by atoms with Crippen LogP contribution in [0.15, 0.2) is 24.3 Å². The fraction of sp³-hybridized carbons (Fsp3) is 0.471. The Balaban J connectivity index is 2.17. The van der Waals surface area contributed by atoms with Gasteiger partial charge in [-0.25, -0.2) is 0 Å². The second-order valence-electron chi connectivity index (χ2n) is 5.27. The second kappa shape index (κ2) is 5.99. The van der Waals surface area contributed by atoms with Gasteiger partial charge in [0.2, 0.25) is 0 Å². The molecule has 0 atom stereocenters. The predicted octanol–water partition coefficient (Wildman–Crippen LogP) is 4.97. The molecule has 0 fully saturated rings. The topological polar surface area (TPSA) is 12.9 Å². The van der Waals surface area contributed by atoms with Crippen molar-refractivity contribution in [1.29, 1.82) is 0 Å². The number of rotatable bonds is 5. The number of fused-ring (bicyclic) bond motifs is 1. The number of unbranched alkanes of at least 4 members (excludes halogenated alkanes) is 3. The summed E-state index contributed by atoms with van der Waals surface area (Å²) in [6.07, 6.45) is 6.33. The van der Waals surface area contributed by atoms with Gasteiger partial charge in [0.1, 0.15) is 0 Å². The van der Waals surface area contributed by atoms with E-state index in [-0.39, 0.29) is 0 Å². The van der Waals surface area contributed by atoms with E-state index in [1.54, 1.807) is 0 Å². The third-order valence-corrected chi connectivity index (χ3v) is 3.47. The van der Waals surface area contributed by atoms with Crippen molar-refractivity contribution >= 4 is 10.9 Å². The number of hydrogen-bond acceptors (Lipinski definition) is 1. The summed E-state index contributed by atoms with van der Waals surface area (Å²) >= 11 is 0. The fourth-order valence-electron chi connectivity index (χ4n) is 2.51. The van der Waals surface area contributed by atoms with E-state index < -0.39 is 0 Å². The van der Waals surface area contributed by atoms with Crippen LogP contribution in [0.1, 0.15) is 49.4 Å². The van der Waals surface area contributed by atoms with Crippen molar-refractivity contribution in [3.63, 3.8) is 0 Å². The molecule has 0 radical (unpaired) electrons. The van der Waals surface area contributed by atoms with E-state index in [1.807, 2.05) is 0 Å². The molecule has 0 saturated heterocycles. The normalized spacial score (nSPS) is 11.1. The van der Waals surface area contributed by atoms with Crippen LogP contribution in [-0.4, -0.2) is 4.98 Å². The van der Waals surface area contributed by atoms with E-state index in [0.717, 1.165) is 6.42 Å². The molecular weight excluding hydrogens is 218 g/mol. The Kier molecular flexibility index (Phi) is 4.35. The summed E-state index contributed by atoms with van der Waals surface area (Å²) in [5.41, 5.74) is 5.03. The van der Waals surface area contributed by atoms with Crippen molar-refractivity contribution in [2.45, 2.75) is 52.9 Å². The first-order valence-corrected chi connectivity index (χ1v) is 7.07. The van der Waals surface area contributed by atoms with Gasteiger partial charge in [-0.05, 0) is 44.4 Å². The van der Waals surface area contributed by atoms with Gasteiger partial charge in [-0.15, -0.1) is 0 Å². The van der Waals surface area contributed by atoms with Crippen molar-refractivity contribution in [2.75, 3.05) is 0 Å². The van der Waals surface area contributed by atoms with Gasteiger partial charge in [0.05, 0.1) is 5.52 Å². The van der Waals surface area contributed by atoms with Gasteiger partial charge in [-0.1, -0.05) is 43.9 Å². The molecule has 0 aliphatic rings. The molecule has 0 unspecified atom stereocenters. The highest BCUT2D eigenvalue weighted by Gasteiger charge is 2.02. The first kappa shape index (κ1) is 13.1. The van der Waals surface area contributed by atoms with Crippen LogP contribution in [0.4, 0.5) is 0 Å². The summed E-state index contributed by atoms with van der Waals surface area (Å²) < 4.78 is 0. The molecule has 1 heteroatoms. The summed E-state index contributed by atoms with van der Waals surface area (Å²) in [5, 5.41) is 1.27. The maximum Gasteiger partial charge on any atom is 0.0734 e. The summed E-state index contributed by atoms with van der Waals surface area (Å²) in [6, 6.07) is 8.84. The SMILES string of the molecule is CCCCCCc1ccc2cc(C)cc(C)c2n1. The zero-order valence-corrected chi connectivity index (χ0v) is 11.8. The quantitative estimate of drug-likeness (QED) is 0.673. The molecule has 0 aliphatic heterocycles. The zero-order chi connectivity index (χ0) is 13.0. The van der Waals surface area contributed by atoms with E-state index >= 15 is 0 Å². The summed E-state index contributed by atoms with van der Waals surface area (Å²) in [7, 11) is 0. The third-order valence-electron chi connectivity index (χ3n) is 3.47. The van der Waals surface area contributed by atoms with E-state index in [9.17, 15) is 0 Å². The number of aryl methyl sites for hydroxylation is 3. The molecule has 0 amide bonds. The lowest BCUT2D eigenvalue weighted by Gasteiger charge is -2.06. The van der Waals surface area contributed by atoms with Gasteiger partial charge in [0.15, 0.2) is 0 Å². The van der Waals surface area contributed by atoms with Gasteiger partial charge in [0, 0.05) is 11.1 Å². The van der Waals surface area contributed by atoms with Crippen LogP contribution >= 0.6 is 0 Å². The average molecular weight is 241 g/mol. The number of pyridine rings is 1. The Morgan fingerprint density at radius 2 is 1.83 bits per heavy atom. The van der Waals surface area contributed by atoms with Crippen LogP contribution in [0.3, 0.4) is 0 Å². The van der Waals surface area contributed by atoms with E-state index in [0.29, 0.717) is 0 Å². The first-order chi connectivity index (χ1) is 8.70. The minimum absolute atomic E-state index is 1.11. The zero-order valence-electron chi connectivity index (χ0n) is 11.8. The molecule has 0 aliphatic carbocycles.